The van der Waals surface area contributed by atoms with E-state index in [-0.39, 0.29) is 17.8 Å². The Bertz CT molecular complexity index is 955. The third-order valence-electron chi connectivity index (χ3n) is 2.80. The van der Waals surface area contributed by atoms with E-state index in [0.29, 0.717) is 0 Å². The van der Waals surface area contributed by atoms with Crippen LogP contribution in [0, 0.1) is 17.0 Å². The number of anilines is 1. The maximum atomic E-state index is 12.2. The van der Waals surface area contributed by atoms with Gasteiger partial charge in [0.25, 0.3) is 5.91 Å². The number of aryl methyl sites for hydroxylation is 1. The number of nitro groups is 1. The maximum absolute atomic E-state index is 12.2. The molecule has 0 unspecified atom stereocenters. The lowest BCUT2D eigenvalue weighted by Crippen LogP contribution is -2.35. The summed E-state index contributed by atoms with van der Waals surface area (Å²) in [5.74, 6) is -1.12. The topological polar surface area (TPSA) is 162 Å². The smallest absolute Gasteiger partial charge is 0.328 e. The summed E-state index contributed by atoms with van der Waals surface area (Å²) in [5.41, 5.74) is -1.43. The van der Waals surface area contributed by atoms with Crippen LogP contribution in [0.2, 0.25) is 15.3 Å². The summed E-state index contributed by atoms with van der Waals surface area (Å²) in [4.78, 5) is 49.1. The molecule has 0 aliphatic heterocycles. The number of pyridine rings is 1. The van der Waals surface area contributed by atoms with Crippen LogP contribution in [0.3, 0.4) is 0 Å². The number of nitrogens with zero attached hydrogens (tertiary/aromatic N) is 5. The molecule has 0 bridgehead atoms. The second-order valence-electron chi connectivity index (χ2n) is 4.59. The molecule has 0 aromatic carbocycles. The lowest BCUT2D eigenvalue weighted by atomic mass is 10.2. The fourth-order valence-electron chi connectivity index (χ4n) is 1.75. The Morgan fingerprint density at radius 1 is 1.11 bits per heavy atom. The molecule has 3 amide bonds. The van der Waals surface area contributed by atoms with Crippen LogP contribution in [0.15, 0.2) is 0 Å². The first-order valence-corrected chi connectivity index (χ1v) is 7.85. The number of carbonyl (C=O) groups excluding carboxylic acids is 2. The monoisotopic (exact) mass is 435 g/mol. The predicted octanol–water partition coefficient (Wildman–Crippen LogP) is 2.41. The molecule has 0 radical (unpaired) electrons. The zero-order valence-electron chi connectivity index (χ0n) is 13.4. The fourth-order valence-corrected chi connectivity index (χ4v) is 2.73. The van der Waals surface area contributed by atoms with Crippen LogP contribution in [0.5, 0.6) is 6.01 Å². The summed E-state index contributed by atoms with van der Waals surface area (Å²) < 4.78 is 4.83. The lowest BCUT2D eigenvalue weighted by molar-refractivity contribution is -0.384. The molecule has 0 saturated heterocycles. The first-order valence-electron chi connectivity index (χ1n) is 6.72. The molecule has 12 nitrogen and oxygen atoms in total. The molecule has 2 rings (SSSR count). The van der Waals surface area contributed by atoms with E-state index < -0.39 is 43.4 Å². The molecular weight excluding hydrogens is 429 g/mol. The van der Waals surface area contributed by atoms with Crippen LogP contribution in [-0.4, -0.2) is 43.9 Å². The molecule has 2 aromatic heterocycles. The average molecular weight is 437 g/mol. The number of rotatable bonds is 4. The number of urea groups is 1. The Labute approximate surface area is 165 Å². The van der Waals surface area contributed by atoms with Crippen molar-refractivity contribution in [2.24, 2.45) is 0 Å². The Kier molecular flexibility index (Phi) is 6.25. The van der Waals surface area contributed by atoms with Crippen molar-refractivity contribution in [1.82, 2.24) is 25.3 Å². The molecule has 15 heteroatoms. The molecule has 2 aromatic rings. The quantitative estimate of drug-likeness (QED) is 0.416. The van der Waals surface area contributed by atoms with Gasteiger partial charge in [-0.05, 0) is 6.92 Å². The standard InChI is InChI=1S/C12H8Cl3N7O5/c1-3-16-10(21-12(17-3)27-2)20-11(24)19-9(23)4-5(13)6(22(25)26)8(15)18-7(4)14/h1-2H3,(H2,16,17,19,20,21,23,24). The zero-order chi connectivity index (χ0) is 20.3. The third kappa shape index (κ3) is 4.67. The van der Waals surface area contributed by atoms with Gasteiger partial charge in [-0.1, -0.05) is 34.8 Å². The number of carbonyl (C=O) groups is 2. The minimum Gasteiger partial charge on any atom is -0.467 e. The summed E-state index contributed by atoms with van der Waals surface area (Å²) in [6.07, 6.45) is 0. The van der Waals surface area contributed by atoms with Gasteiger partial charge in [0, 0.05) is 0 Å². The number of ether oxygens (including phenoxy) is 1. The van der Waals surface area contributed by atoms with Gasteiger partial charge >= 0.3 is 17.7 Å². The van der Waals surface area contributed by atoms with E-state index in [4.69, 9.17) is 39.5 Å². The second kappa shape index (κ2) is 8.24. The minimum atomic E-state index is -1.16. The molecule has 0 atom stereocenters. The number of imide groups is 1. The van der Waals surface area contributed by atoms with Crippen molar-refractivity contribution in [3.8, 4) is 6.01 Å². The SMILES string of the molecule is COc1nc(C)nc(NC(=O)NC(=O)c2c(Cl)nc(Cl)c([N+](=O)[O-])c2Cl)n1. The van der Waals surface area contributed by atoms with Gasteiger partial charge in [-0.15, -0.1) is 0 Å². The van der Waals surface area contributed by atoms with Gasteiger partial charge in [-0.25, -0.2) is 9.78 Å². The number of hydrogen-bond acceptors (Lipinski definition) is 9. The maximum Gasteiger partial charge on any atom is 0.328 e. The largest absolute Gasteiger partial charge is 0.467 e. The molecule has 0 aliphatic carbocycles. The molecule has 2 N–H and O–H groups in total. The van der Waals surface area contributed by atoms with Crippen LogP contribution < -0.4 is 15.4 Å². The van der Waals surface area contributed by atoms with Crippen LogP contribution in [-0.2, 0) is 0 Å². The number of halogens is 3. The molecule has 27 heavy (non-hydrogen) atoms. The fraction of sp³-hybridized carbons (Fsp3) is 0.167. The molecule has 0 saturated carbocycles. The van der Waals surface area contributed by atoms with Crippen molar-refractivity contribution in [3.05, 3.63) is 36.8 Å². The number of hydrogen-bond donors (Lipinski definition) is 2. The number of amides is 3. The zero-order valence-corrected chi connectivity index (χ0v) is 15.7. The van der Waals surface area contributed by atoms with Gasteiger partial charge in [0.15, 0.2) is 0 Å². The Balaban J connectivity index is 2.25. The minimum absolute atomic E-state index is 0.0623. The van der Waals surface area contributed by atoms with E-state index in [1.54, 1.807) is 0 Å². The van der Waals surface area contributed by atoms with Gasteiger partial charge in [0.1, 0.15) is 21.6 Å². The third-order valence-corrected chi connectivity index (χ3v) is 3.70. The molecule has 0 spiro atoms. The molecular formula is C12H8Cl3N7O5. The number of aromatic nitrogens is 4. The van der Waals surface area contributed by atoms with Gasteiger partial charge in [0.2, 0.25) is 11.1 Å². The first-order chi connectivity index (χ1) is 12.6. The van der Waals surface area contributed by atoms with Crippen molar-refractivity contribution >= 4 is 58.4 Å². The highest BCUT2D eigenvalue weighted by molar-refractivity contribution is 6.43. The highest BCUT2D eigenvalue weighted by atomic mass is 35.5. The Morgan fingerprint density at radius 3 is 2.37 bits per heavy atom. The van der Waals surface area contributed by atoms with Crippen molar-refractivity contribution in [2.45, 2.75) is 6.92 Å². The van der Waals surface area contributed by atoms with E-state index in [2.05, 4.69) is 25.3 Å². The van der Waals surface area contributed by atoms with Gasteiger partial charge in [-0.2, -0.15) is 15.0 Å². The summed E-state index contributed by atoms with van der Waals surface area (Å²) in [6.45, 7) is 1.52. The summed E-state index contributed by atoms with van der Waals surface area (Å²) >= 11 is 17.2. The molecule has 142 valence electrons. The highest BCUT2D eigenvalue weighted by Gasteiger charge is 2.29. The van der Waals surface area contributed by atoms with Gasteiger partial charge < -0.3 is 4.74 Å². The van der Waals surface area contributed by atoms with E-state index >= 15 is 0 Å². The van der Waals surface area contributed by atoms with Gasteiger partial charge in [0.05, 0.1) is 12.0 Å². The molecule has 0 aliphatic rings. The molecule has 2 heterocycles. The van der Waals surface area contributed by atoms with E-state index in [1.807, 2.05) is 5.32 Å². The summed E-state index contributed by atoms with van der Waals surface area (Å²) in [5, 5.41) is 13.2. The van der Waals surface area contributed by atoms with Crippen LogP contribution in [0.25, 0.3) is 0 Å². The highest BCUT2D eigenvalue weighted by Crippen LogP contribution is 2.36. The normalized spacial score (nSPS) is 10.3. The van der Waals surface area contributed by atoms with Crippen molar-refractivity contribution in [3.63, 3.8) is 0 Å². The summed E-state index contributed by atoms with van der Waals surface area (Å²) in [6, 6.07) is -1.13. The van der Waals surface area contributed by atoms with E-state index in [0.717, 1.165) is 0 Å². The second-order valence-corrected chi connectivity index (χ2v) is 5.68. The Morgan fingerprint density at radius 2 is 1.78 bits per heavy atom. The van der Waals surface area contributed by atoms with Crippen LogP contribution >= 0.6 is 34.8 Å². The average Bonchev–Trinajstić information content (AvgIpc) is 2.52. The first kappa shape index (κ1) is 20.5. The van der Waals surface area contributed by atoms with Crippen LogP contribution in [0.4, 0.5) is 16.4 Å². The summed E-state index contributed by atoms with van der Waals surface area (Å²) in [7, 11) is 1.31. The number of methoxy groups -OCH3 is 1. The van der Waals surface area contributed by atoms with Gasteiger partial charge in [-0.3, -0.25) is 25.5 Å². The van der Waals surface area contributed by atoms with Crippen molar-refractivity contribution in [1.29, 1.82) is 0 Å². The number of nitrogens with one attached hydrogen (secondary N) is 2. The van der Waals surface area contributed by atoms with Crippen molar-refractivity contribution in [2.75, 3.05) is 12.4 Å². The van der Waals surface area contributed by atoms with Crippen molar-refractivity contribution < 1.29 is 19.2 Å². The Hall–Kier alpha value is -2.83. The molecule has 0 fully saturated rings. The van der Waals surface area contributed by atoms with E-state index in [1.165, 1.54) is 14.0 Å². The van der Waals surface area contributed by atoms with E-state index in [9.17, 15) is 19.7 Å². The van der Waals surface area contributed by atoms with Crippen LogP contribution in [0.1, 0.15) is 16.2 Å². The predicted molar refractivity (Wildman–Crippen MR) is 93.5 cm³/mol. The lowest BCUT2D eigenvalue weighted by Gasteiger charge is -2.09.